The number of nitrogens with one attached hydrogen (secondary N) is 1. The van der Waals surface area contributed by atoms with Crippen molar-refractivity contribution in [3.05, 3.63) is 76.5 Å². The third-order valence-electron chi connectivity index (χ3n) is 3.47. The van der Waals surface area contributed by atoms with Crippen LogP contribution in [0.3, 0.4) is 0 Å². The number of nitrogens with zero attached hydrogens (tertiary/aromatic N) is 3. The van der Waals surface area contributed by atoms with E-state index in [0.29, 0.717) is 0 Å². The predicted octanol–water partition coefficient (Wildman–Crippen LogP) is 3.52. The number of benzene rings is 2. The topological polar surface area (TPSA) is 59.8 Å². The second-order valence-electron chi connectivity index (χ2n) is 5.11. The minimum atomic E-state index is -0.250. The monoisotopic (exact) mass is 370 g/mol. The van der Waals surface area contributed by atoms with Crippen LogP contribution in [0.5, 0.6) is 0 Å². The van der Waals surface area contributed by atoms with Crippen LogP contribution in [-0.2, 0) is 0 Å². The molecule has 0 radical (unpaired) electrons. The fourth-order valence-electron chi connectivity index (χ4n) is 2.22. The molecule has 6 heteroatoms. The molecule has 116 valence electrons. The number of carbonyl (C=O) groups is 1. The third kappa shape index (κ3) is 3.48. The van der Waals surface area contributed by atoms with Gasteiger partial charge in [0.1, 0.15) is 0 Å². The number of hydrogen-bond acceptors (Lipinski definition) is 3. The van der Waals surface area contributed by atoms with Crippen LogP contribution >= 0.6 is 15.9 Å². The van der Waals surface area contributed by atoms with Crippen molar-refractivity contribution in [2.24, 2.45) is 0 Å². The lowest BCUT2D eigenvalue weighted by molar-refractivity contribution is 0.0935. The highest BCUT2D eigenvalue weighted by Crippen LogP contribution is 2.19. The highest BCUT2D eigenvalue weighted by atomic mass is 79.9. The molecular formula is C17H15BrN4O. The molecule has 3 aromatic rings. The van der Waals surface area contributed by atoms with E-state index in [0.717, 1.165) is 15.7 Å². The van der Waals surface area contributed by atoms with Crippen molar-refractivity contribution in [1.82, 2.24) is 20.3 Å². The molecular weight excluding hydrogens is 356 g/mol. The molecule has 0 bridgehead atoms. The molecule has 0 unspecified atom stereocenters. The summed E-state index contributed by atoms with van der Waals surface area (Å²) >= 11 is 3.46. The fourth-order valence-corrected chi connectivity index (χ4v) is 2.69. The Labute approximate surface area is 142 Å². The second kappa shape index (κ2) is 6.75. The molecule has 1 atom stereocenters. The Balaban J connectivity index is 1.75. The van der Waals surface area contributed by atoms with Crippen molar-refractivity contribution in [2.45, 2.75) is 13.0 Å². The van der Waals surface area contributed by atoms with Crippen LogP contribution in [0.15, 0.2) is 65.3 Å². The maximum absolute atomic E-state index is 12.3. The van der Waals surface area contributed by atoms with Crippen molar-refractivity contribution in [3.8, 4) is 5.69 Å². The average Bonchev–Trinajstić information content (AvgIpc) is 3.06. The third-order valence-corrected chi connectivity index (χ3v) is 4.14. The molecule has 0 saturated heterocycles. The van der Waals surface area contributed by atoms with Crippen molar-refractivity contribution in [1.29, 1.82) is 0 Å². The summed E-state index contributed by atoms with van der Waals surface area (Å²) in [6, 6.07) is 17.3. The van der Waals surface area contributed by atoms with Crippen molar-refractivity contribution < 1.29 is 4.79 Å². The Morgan fingerprint density at radius 1 is 1.13 bits per heavy atom. The van der Waals surface area contributed by atoms with E-state index in [1.165, 1.54) is 0 Å². The number of para-hydroxylation sites is 1. The number of carbonyl (C=O) groups excluding carboxylic acids is 1. The smallest absolute Gasteiger partial charge is 0.273 e. The fraction of sp³-hybridized carbons (Fsp3) is 0.118. The zero-order valence-electron chi connectivity index (χ0n) is 12.5. The van der Waals surface area contributed by atoms with Gasteiger partial charge in [-0.1, -0.05) is 47.7 Å². The van der Waals surface area contributed by atoms with Gasteiger partial charge >= 0.3 is 0 Å². The maximum Gasteiger partial charge on any atom is 0.273 e. The molecule has 0 aliphatic heterocycles. The van der Waals surface area contributed by atoms with Crippen LogP contribution in [0, 0.1) is 0 Å². The number of rotatable bonds is 4. The van der Waals surface area contributed by atoms with E-state index in [-0.39, 0.29) is 17.6 Å². The Bertz CT molecular complexity index is 816. The summed E-state index contributed by atoms with van der Waals surface area (Å²) in [5.74, 6) is -0.250. The first-order valence-electron chi connectivity index (χ1n) is 7.18. The second-order valence-corrected chi connectivity index (χ2v) is 5.96. The maximum atomic E-state index is 12.3. The summed E-state index contributed by atoms with van der Waals surface area (Å²) in [7, 11) is 0. The summed E-state index contributed by atoms with van der Waals surface area (Å²) in [4.78, 5) is 12.3. The van der Waals surface area contributed by atoms with E-state index in [9.17, 15) is 4.79 Å². The molecule has 0 spiro atoms. The van der Waals surface area contributed by atoms with Gasteiger partial charge in [0, 0.05) is 4.47 Å². The number of amides is 1. The first-order chi connectivity index (χ1) is 11.1. The molecule has 0 saturated carbocycles. The summed E-state index contributed by atoms with van der Waals surface area (Å²) < 4.78 is 2.46. The molecule has 0 fully saturated rings. The molecule has 1 N–H and O–H groups in total. The van der Waals surface area contributed by atoms with E-state index in [1.807, 2.05) is 61.5 Å². The SMILES string of the molecule is C[C@H](NC(=O)c1cn(-c2ccccc2Br)nn1)c1ccccc1. The Hall–Kier alpha value is -2.47. The van der Waals surface area contributed by atoms with Gasteiger partial charge in [0.25, 0.3) is 5.91 Å². The van der Waals surface area contributed by atoms with Gasteiger partial charge in [-0.3, -0.25) is 4.79 Å². The molecule has 0 aliphatic rings. The van der Waals surface area contributed by atoms with Crippen molar-refractivity contribution in [3.63, 3.8) is 0 Å². The van der Waals surface area contributed by atoms with E-state index >= 15 is 0 Å². The van der Waals surface area contributed by atoms with E-state index in [4.69, 9.17) is 0 Å². The standard InChI is InChI=1S/C17H15BrN4O/c1-12(13-7-3-2-4-8-13)19-17(23)15-11-22(21-20-15)16-10-6-5-9-14(16)18/h2-12H,1H3,(H,19,23)/t12-/m0/s1. The molecule has 1 amide bonds. The lowest BCUT2D eigenvalue weighted by Crippen LogP contribution is -2.26. The molecule has 2 aromatic carbocycles. The van der Waals surface area contributed by atoms with Crippen molar-refractivity contribution >= 4 is 21.8 Å². The first-order valence-corrected chi connectivity index (χ1v) is 7.97. The Morgan fingerprint density at radius 3 is 2.57 bits per heavy atom. The van der Waals surface area contributed by atoms with Gasteiger partial charge < -0.3 is 5.32 Å². The Kier molecular flexibility index (Phi) is 4.52. The Morgan fingerprint density at radius 2 is 1.83 bits per heavy atom. The van der Waals surface area contributed by atoms with E-state index < -0.39 is 0 Å². The van der Waals surface area contributed by atoms with Gasteiger partial charge in [-0.05, 0) is 40.5 Å². The molecule has 1 heterocycles. The van der Waals surface area contributed by atoms with Crippen molar-refractivity contribution in [2.75, 3.05) is 0 Å². The summed E-state index contributed by atoms with van der Waals surface area (Å²) in [5, 5.41) is 10.9. The first kappa shape index (κ1) is 15.4. The number of halogens is 1. The molecule has 0 aliphatic carbocycles. The van der Waals surface area contributed by atoms with Gasteiger partial charge in [-0.25, -0.2) is 4.68 Å². The minimum absolute atomic E-state index is 0.0997. The highest BCUT2D eigenvalue weighted by molar-refractivity contribution is 9.10. The quantitative estimate of drug-likeness (QED) is 0.764. The molecule has 5 nitrogen and oxygen atoms in total. The van der Waals surface area contributed by atoms with Gasteiger partial charge in [0.15, 0.2) is 5.69 Å². The molecule has 1 aromatic heterocycles. The van der Waals surface area contributed by atoms with Gasteiger partial charge in [0.2, 0.25) is 0 Å². The van der Waals surface area contributed by atoms with Gasteiger partial charge in [-0.2, -0.15) is 0 Å². The normalized spacial score (nSPS) is 11.9. The van der Waals surface area contributed by atoms with E-state index in [2.05, 4.69) is 31.6 Å². The van der Waals surface area contributed by atoms with Crippen LogP contribution in [0.1, 0.15) is 29.0 Å². The average molecular weight is 371 g/mol. The summed E-state index contributed by atoms with van der Waals surface area (Å²) in [6.07, 6.45) is 1.62. The van der Waals surface area contributed by atoms with Crippen LogP contribution in [0.2, 0.25) is 0 Å². The predicted molar refractivity (Wildman–Crippen MR) is 91.4 cm³/mol. The highest BCUT2D eigenvalue weighted by Gasteiger charge is 2.15. The lowest BCUT2D eigenvalue weighted by atomic mass is 10.1. The zero-order chi connectivity index (χ0) is 16.2. The van der Waals surface area contributed by atoms with Crippen LogP contribution in [0.25, 0.3) is 5.69 Å². The number of aromatic nitrogens is 3. The van der Waals surface area contributed by atoms with Gasteiger partial charge in [-0.15, -0.1) is 5.10 Å². The van der Waals surface area contributed by atoms with Crippen LogP contribution in [0.4, 0.5) is 0 Å². The zero-order valence-corrected chi connectivity index (χ0v) is 14.1. The van der Waals surface area contributed by atoms with Crippen LogP contribution < -0.4 is 5.32 Å². The largest absolute Gasteiger partial charge is 0.344 e. The summed E-state index contributed by atoms with van der Waals surface area (Å²) in [5.41, 5.74) is 2.15. The van der Waals surface area contributed by atoms with Crippen LogP contribution in [-0.4, -0.2) is 20.9 Å². The molecule has 23 heavy (non-hydrogen) atoms. The number of hydrogen-bond donors (Lipinski definition) is 1. The van der Waals surface area contributed by atoms with E-state index in [1.54, 1.807) is 10.9 Å². The lowest BCUT2D eigenvalue weighted by Gasteiger charge is -2.12. The summed E-state index contributed by atoms with van der Waals surface area (Å²) in [6.45, 7) is 1.94. The van der Waals surface area contributed by atoms with Gasteiger partial charge in [0.05, 0.1) is 17.9 Å². The molecule has 3 rings (SSSR count). The minimum Gasteiger partial charge on any atom is -0.344 e.